The first-order valence-corrected chi connectivity index (χ1v) is 32.4. The number of benzene rings is 6. The van der Waals surface area contributed by atoms with Crippen molar-refractivity contribution >= 4 is 33.9 Å². The minimum absolute atomic E-state index is 0.0670. The molecule has 6 nitrogen and oxygen atoms in total. The molecule has 0 amide bonds. The van der Waals surface area contributed by atoms with Gasteiger partial charge in [-0.2, -0.15) is 0 Å². The molecule has 3 aromatic heterocycles. The molecule has 6 aromatic carbocycles. The first-order chi connectivity index (χ1) is 47.8. The van der Waals surface area contributed by atoms with E-state index in [0.717, 1.165) is 0 Å². The van der Waals surface area contributed by atoms with E-state index in [1.807, 2.05) is 65.8 Å². The first-order valence-electron chi connectivity index (χ1n) is 32.4. The van der Waals surface area contributed by atoms with Gasteiger partial charge in [-0.3, -0.25) is 15.0 Å². The second-order valence-corrected chi connectivity index (χ2v) is 28.9. The third-order valence-corrected chi connectivity index (χ3v) is 20.9. The molecule has 0 aliphatic carbocycles. The summed E-state index contributed by atoms with van der Waals surface area (Å²) in [6.45, 7) is 21.8. The quantitative estimate of drug-likeness (QED) is 0.0895. The van der Waals surface area contributed by atoms with E-state index in [2.05, 4.69) is 15.0 Å². The van der Waals surface area contributed by atoms with E-state index >= 15 is 52.7 Å². The minimum Gasteiger partial charge on any atom is -0.358 e. The normalized spacial score (nSPS) is 20.1. The second-order valence-electron chi connectivity index (χ2n) is 28.9. The zero-order valence-electron chi connectivity index (χ0n) is 56.9. The Kier molecular flexibility index (Phi) is 16.7. The molecule has 16 rings (SSSR count). The summed E-state index contributed by atoms with van der Waals surface area (Å²) in [5, 5.41) is 0. The Morgan fingerprint density at radius 2 is 0.392 bits per heavy atom. The van der Waals surface area contributed by atoms with Crippen LogP contribution in [0.3, 0.4) is 0 Å². The molecular formula is C81H63F15N6. The lowest BCUT2D eigenvalue weighted by Crippen LogP contribution is -2.29. The van der Waals surface area contributed by atoms with Crippen molar-refractivity contribution in [1.82, 2.24) is 15.0 Å². The van der Waals surface area contributed by atoms with Gasteiger partial charge >= 0.3 is 0 Å². The summed E-state index contributed by atoms with van der Waals surface area (Å²) in [6.07, 6.45) is 8.87. The summed E-state index contributed by atoms with van der Waals surface area (Å²) in [4.78, 5) is 24.1. The number of fused-ring (bicyclic) bond motifs is 3. The fraction of sp³-hybridized carbons (Fsp3) is 0.222. The molecule has 3 N–H and O–H groups in total. The third kappa shape index (κ3) is 10.9. The maximum atomic E-state index is 16.3. The van der Waals surface area contributed by atoms with Crippen molar-refractivity contribution in [3.63, 3.8) is 0 Å². The van der Waals surface area contributed by atoms with E-state index in [9.17, 15) is 13.2 Å². The number of nitrogens with one attached hydrogen (secondary N) is 3. The third-order valence-electron chi connectivity index (χ3n) is 20.9. The number of hydrogen-bond donors (Lipinski definition) is 3. The van der Waals surface area contributed by atoms with Crippen molar-refractivity contribution < 1.29 is 65.9 Å². The maximum absolute atomic E-state index is 16.3. The minimum atomic E-state index is -2.37. The molecule has 21 heteroatoms. The van der Waals surface area contributed by atoms with Gasteiger partial charge in [0.05, 0.1) is 50.9 Å². The van der Waals surface area contributed by atoms with Gasteiger partial charge in [0.1, 0.15) is 0 Å². The first kappa shape index (κ1) is 70.0. The predicted octanol–water partition coefficient (Wildman–Crippen LogP) is 21.3. The fourth-order valence-corrected chi connectivity index (χ4v) is 13.8. The molecule has 10 heterocycles. The number of aromatic amines is 3. The zero-order valence-corrected chi connectivity index (χ0v) is 56.9. The molecule has 0 atom stereocenters. The highest BCUT2D eigenvalue weighted by atomic mass is 19.2. The van der Waals surface area contributed by atoms with E-state index in [0.29, 0.717) is 67.6 Å². The van der Waals surface area contributed by atoms with Crippen LogP contribution in [0.4, 0.5) is 65.9 Å². The van der Waals surface area contributed by atoms with Crippen molar-refractivity contribution in [2.75, 3.05) is 0 Å². The number of aliphatic imine (C=N–C) groups is 3. The van der Waals surface area contributed by atoms with Crippen molar-refractivity contribution in [3.8, 4) is 0 Å². The summed E-state index contributed by atoms with van der Waals surface area (Å²) in [5.74, 6) is -32.9. The molecule has 0 saturated heterocycles. The largest absolute Gasteiger partial charge is 0.358 e. The Balaban J connectivity index is 0.981. The number of rotatable bonds is 3. The van der Waals surface area contributed by atoms with Gasteiger partial charge in [-0.25, -0.2) is 65.9 Å². The Bertz CT molecular complexity index is 5270. The topological polar surface area (TPSA) is 84.4 Å². The highest BCUT2D eigenvalue weighted by molar-refractivity contribution is 6.09. The molecule has 0 spiro atoms. The van der Waals surface area contributed by atoms with Gasteiger partial charge in [-0.05, 0) is 106 Å². The average molecular weight is 1410 g/mol. The van der Waals surface area contributed by atoms with Crippen LogP contribution in [0.25, 0.3) is 16.7 Å². The van der Waals surface area contributed by atoms with E-state index in [4.69, 9.17) is 15.0 Å². The van der Waals surface area contributed by atoms with Crippen LogP contribution in [-0.4, -0.2) is 32.1 Å². The highest BCUT2D eigenvalue weighted by Crippen LogP contribution is 2.46. The summed E-state index contributed by atoms with van der Waals surface area (Å²) in [5.41, 5.74) is -5.70. The molecule has 7 aliphatic rings. The van der Waals surface area contributed by atoms with Crippen LogP contribution in [0.15, 0.2) is 178 Å². The molecule has 522 valence electrons. The molecule has 0 saturated carbocycles. The maximum Gasteiger partial charge on any atom is 0.200 e. The fourth-order valence-electron chi connectivity index (χ4n) is 13.8. The molecule has 9 aromatic rings. The lowest BCUT2D eigenvalue weighted by Gasteiger charge is -2.28. The Morgan fingerprint density at radius 3 is 0.588 bits per heavy atom. The van der Waals surface area contributed by atoms with Gasteiger partial charge in [-0.15, -0.1) is 0 Å². The van der Waals surface area contributed by atoms with Crippen molar-refractivity contribution in [2.45, 2.75) is 116 Å². The summed E-state index contributed by atoms with van der Waals surface area (Å²) >= 11 is 0. The number of allylic oxidation sites excluding steroid dienone is 6. The van der Waals surface area contributed by atoms with Crippen molar-refractivity contribution in [3.05, 3.63) is 334 Å². The number of aromatic nitrogens is 3. The number of hydrogen-bond acceptors (Lipinski definition) is 3. The lowest BCUT2D eigenvalue weighted by molar-refractivity contribution is 0.376. The number of H-pyrrole nitrogens is 3. The molecule has 0 radical (unpaired) electrons. The van der Waals surface area contributed by atoms with Crippen LogP contribution < -0.4 is 0 Å². The molecule has 102 heavy (non-hydrogen) atoms. The van der Waals surface area contributed by atoms with Gasteiger partial charge in [0, 0.05) is 83.4 Å². The Labute approximate surface area is 577 Å². The molecular weight excluding hydrogens is 1340 g/mol. The van der Waals surface area contributed by atoms with E-state index in [1.54, 1.807) is 127 Å². The van der Waals surface area contributed by atoms with Gasteiger partial charge < -0.3 is 15.0 Å². The van der Waals surface area contributed by atoms with Crippen molar-refractivity contribution in [2.24, 2.45) is 15.0 Å². The summed E-state index contributed by atoms with van der Waals surface area (Å²) in [7, 11) is 0. The monoisotopic (exact) mass is 1400 g/mol. The number of nitrogens with zero attached hydrogens (tertiary/aromatic N) is 3. The van der Waals surface area contributed by atoms with Gasteiger partial charge in [-0.1, -0.05) is 156 Å². The van der Waals surface area contributed by atoms with Crippen molar-refractivity contribution in [1.29, 1.82) is 0 Å². The van der Waals surface area contributed by atoms with Gasteiger partial charge in [0.2, 0.25) is 17.5 Å². The van der Waals surface area contributed by atoms with E-state index in [1.165, 1.54) is 36.4 Å². The summed E-state index contributed by atoms with van der Waals surface area (Å²) < 4.78 is 234. The van der Waals surface area contributed by atoms with Crippen LogP contribution >= 0.6 is 0 Å². The van der Waals surface area contributed by atoms with Gasteiger partial charge in [0.25, 0.3) is 0 Å². The van der Waals surface area contributed by atoms with Gasteiger partial charge in [0.15, 0.2) is 69.8 Å². The lowest BCUT2D eigenvalue weighted by atomic mass is 9.76. The molecule has 0 unspecified atom stereocenters. The smallest absolute Gasteiger partial charge is 0.200 e. The van der Waals surface area contributed by atoms with Crippen LogP contribution in [0.1, 0.15) is 167 Å². The molecule has 18 bridgehead atoms. The van der Waals surface area contributed by atoms with Crippen LogP contribution in [0.2, 0.25) is 0 Å². The second kappa shape index (κ2) is 24.4. The summed E-state index contributed by atoms with van der Waals surface area (Å²) in [6, 6.07) is 30.7. The standard InChI is InChI=1S/C81H63F15N6/c1-76(2)37-13-15-38(16-14-37)77(3,4)50-33-27-45(99-50)56(59-63(84)69(90)74(95)70(91)64(59)85)46-28-34-52(100-46)80(9,10)41-21-23-42(24-22-41)81(11,12)54-36-30-48(102-54)57(60-65(86)71(92)75(96)72(93)66(60)87)47-29-35-53(101-47)79(7,8)40-19-17-39(18-20-40)78(5,6)51-32-26-44(98-51)55(43-25-31-49(76)97-43)58-61(82)67(88)73(94)68(89)62(58)83/h13-36,97,99,101H,1-12H3/b55-44+,56-46-,57-48-. The zero-order chi connectivity index (χ0) is 73.7. The molecule has 0 fully saturated rings. The van der Waals surface area contributed by atoms with Crippen LogP contribution in [0.5, 0.6) is 0 Å². The van der Waals surface area contributed by atoms with E-state index in [-0.39, 0.29) is 34.2 Å². The predicted molar refractivity (Wildman–Crippen MR) is 364 cm³/mol. The van der Waals surface area contributed by atoms with E-state index < -0.39 is 153 Å². The average Bonchev–Trinajstić information content (AvgIpc) is 1.49. The van der Waals surface area contributed by atoms with Crippen LogP contribution in [0, 0.1) is 87.3 Å². The SMILES string of the molecule is CC1(C)C2=N/C(=C(/c3c(F)c(F)c(F)c(F)c3F)c3ccc([nH]3)C(C)(C)c3ccc(cc3)C(C)(C)c3ccc([nH]3)/C(c3c(F)c(F)c(F)c(F)c3F)=C3\C=CC(=N3)C(C)(C)c3ccc(cc3)C(C)(C)C3=N/C(=C(\c4c(F)c(F)c(F)c(F)c4F)c4ccc([nH]4)C(C)(C)c4ccc1cc4)C=C3)C=C2. The molecule has 7 aliphatic heterocycles. The van der Waals surface area contributed by atoms with Crippen LogP contribution in [-0.2, 0) is 32.5 Å². The highest BCUT2D eigenvalue weighted by Gasteiger charge is 2.40. The Morgan fingerprint density at radius 1 is 0.216 bits per heavy atom. The number of halogens is 15. The Hall–Kier alpha value is -10.4.